The van der Waals surface area contributed by atoms with Crippen molar-refractivity contribution >= 4 is 28.4 Å². The van der Waals surface area contributed by atoms with Crippen LogP contribution in [0.15, 0.2) is 72.8 Å². The third-order valence-corrected chi connectivity index (χ3v) is 8.38. The lowest BCUT2D eigenvalue weighted by Gasteiger charge is -2.38. The summed E-state index contributed by atoms with van der Waals surface area (Å²) in [5, 5.41) is 12.8. The number of aromatic nitrogens is 1. The predicted octanol–water partition coefficient (Wildman–Crippen LogP) is 5.07. The molecule has 1 aromatic heterocycles. The van der Waals surface area contributed by atoms with Gasteiger partial charge in [-0.3, -0.25) is 0 Å². The van der Waals surface area contributed by atoms with Crippen molar-refractivity contribution in [1.82, 2.24) is 14.8 Å². The van der Waals surface area contributed by atoms with E-state index in [1.54, 1.807) is 4.90 Å². The van der Waals surface area contributed by atoms with E-state index in [4.69, 9.17) is 14.5 Å². The number of carbonyl (C=O) groups is 1. The highest BCUT2D eigenvalue weighted by molar-refractivity contribution is 5.94. The van der Waals surface area contributed by atoms with E-state index >= 15 is 0 Å². The van der Waals surface area contributed by atoms with Crippen molar-refractivity contribution in [3.8, 4) is 11.9 Å². The Bertz CT molecular complexity index is 1660. The zero-order valence-corrected chi connectivity index (χ0v) is 25.4. The Balaban J connectivity index is 1.25. The second-order valence-electron chi connectivity index (χ2n) is 11.5. The molecule has 226 valence electrons. The maximum Gasteiger partial charge on any atom is 0.410 e. The fourth-order valence-corrected chi connectivity index (χ4v) is 6.00. The first-order valence-corrected chi connectivity index (χ1v) is 15.2. The highest BCUT2D eigenvalue weighted by Gasteiger charge is 2.31. The molecule has 1 amide bonds. The van der Waals surface area contributed by atoms with Gasteiger partial charge in [0.25, 0.3) is 0 Å². The zero-order chi connectivity index (χ0) is 30.5. The van der Waals surface area contributed by atoms with Crippen LogP contribution in [-0.2, 0) is 24.3 Å². The van der Waals surface area contributed by atoms with Crippen LogP contribution in [-0.4, -0.2) is 80.8 Å². The Kier molecular flexibility index (Phi) is 8.80. The number of likely N-dealkylation sites (N-methyl/N-ethyl adjacent to an activating group) is 1. The number of nitriles is 1. The van der Waals surface area contributed by atoms with Crippen molar-refractivity contribution in [3.05, 3.63) is 95.1 Å². The minimum atomic E-state index is -0.304. The zero-order valence-electron chi connectivity index (χ0n) is 25.4. The summed E-state index contributed by atoms with van der Waals surface area (Å²) in [5.41, 5.74) is 4.70. The maximum absolute atomic E-state index is 12.8. The van der Waals surface area contributed by atoms with Crippen LogP contribution in [0.5, 0.6) is 5.88 Å². The monoisotopic (exact) mass is 590 g/mol. The summed E-state index contributed by atoms with van der Waals surface area (Å²) in [6.45, 7) is 5.11. The van der Waals surface area contributed by atoms with Crippen LogP contribution in [0.2, 0.25) is 0 Å². The summed E-state index contributed by atoms with van der Waals surface area (Å²) in [6, 6.07) is 27.0. The van der Waals surface area contributed by atoms with E-state index in [9.17, 15) is 10.1 Å². The Morgan fingerprint density at radius 3 is 2.43 bits per heavy atom. The lowest BCUT2D eigenvalue weighted by Crippen LogP contribution is -2.49. The number of hydrogen-bond donors (Lipinski definition) is 0. The average Bonchev–Trinajstić information content (AvgIpc) is 3.06. The van der Waals surface area contributed by atoms with E-state index in [2.05, 4.69) is 58.3 Å². The quantitative estimate of drug-likeness (QED) is 0.281. The van der Waals surface area contributed by atoms with Crippen LogP contribution in [0.4, 0.5) is 16.3 Å². The first kappa shape index (κ1) is 29.3. The number of rotatable bonds is 8. The lowest BCUT2D eigenvalue weighted by molar-refractivity contribution is 0.0941. The molecule has 4 aromatic rings. The van der Waals surface area contributed by atoms with Crippen molar-refractivity contribution in [2.75, 3.05) is 69.8 Å². The summed E-state index contributed by atoms with van der Waals surface area (Å²) >= 11 is 0. The first-order chi connectivity index (χ1) is 21.5. The number of carbonyl (C=O) groups excluding carboxylic acids is 1. The van der Waals surface area contributed by atoms with Crippen LogP contribution >= 0.6 is 0 Å². The largest absolute Gasteiger partial charge is 0.475 e. The number of ether oxygens (including phenoxy) is 2. The fourth-order valence-electron chi connectivity index (χ4n) is 6.00. The van der Waals surface area contributed by atoms with Crippen LogP contribution in [0.1, 0.15) is 22.3 Å². The highest BCUT2D eigenvalue weighted by atomic mass is 16.6. The number of fused-ring (bicyclic) bond motifs is 2. The number of anilines is 2. The summed E-state index contributed by atoms with van der Waals surface area (Å²) in [7, 11) is 3.99. The minimum absolute atomic E-state index is 0.255. The standard InChI is InChI=1S/C35H38N6O3/c1-38(2)21-22-43-34-30(23-36)31-24-41(32-14-8-12-27-11-6-7-13-28(27)32)16-15-29(31)33(37-34)39-17-19-40(20-18-39)35(42)44-25-26-9-4-3-5-10-26/h3-14H,15-22,24-25H2,1-2H3. The number of pyridine rings is 1. The molecule has 0 bridgehead atoms. The van der Waals surface area contributed by atoms with Crippen LogP contribution in [0.3, 0.4) is 0 Å². The number of amides is 1. The normalized spacial score (nSPS) is 14.8. The maximum atomic E-state index is 12.8. The van der Waals surface area contributed by atoms with Gasteiger partial charge < -0.3 is 29.1 Å². The topological polar surface area (TPSA) is 85.2 Å². The number of piperazine rings is 1. The van der Waals surface area contributed by atoms with Gasteiger partial charge in [-0.2, -0.15) is 10.2 Å². The van der Waals surface area contributed by atoms with Crippen molar-refractivity contribution in [1.29, 1.82) is 5.26 Å². The molecule has 3 heterocycles. The molecule has 2 aliphatic heterocycles. The number of hydrogen-bond acceptors (Lipinski definition) is 8. The molecular weight excluding hydrogens is 552 g/mol. The highest BCUT2D eigenvalue weighted by Crippen LogP contribution is 2.38. The van der Waals surface area contributed by atoms with Crippen LogP contribution < -0.4 is 14.5 Å². The summed E-state index contributed by atoms with van der Waals surface area (Å²) in [4.78, 5) is 26.2. The van der Waals surface area contributed by atoms with Gasteiger partial charge in [-0.05, 0) is 37.5 Å². The van der Waals surface area contributed by atoms with Crippen LogP contribution in [0, 0.1) is 11.3 Å². The first-order valence-electron chi connectivity index (χ1n) is 15.2. The second kappa shape index (κ2) is 13.2. The molecule has 0 aliphatic carbocycles. The van der Waals surface area contributed by atoms with Gasteiger partial charge in [0, 0.05) is 68.0 Å². The van der Waals surface area contributed by atoms with Gasteiger partial charge in [0.15, 0.2) is 0 Å². The third-order valence-electron chi connectivity index (χ3n) is 8.38. The molecule has 9 nitrogen and oxygen atoms in total. The minimum Gasteiger partial charge on any atom is -0.475 e. The van der Waals surface area contributed by atoms with Crippen molar-refractivity contribution in [2.45, 2.75) is 19.6 Å². The molecule has 0 N–H and O–H groups in total. The van der Waals surface area contributed by atoms with Gasteiger partial charge in [0.2, 0.25) is 5.88 Å². The van der Waals surface area contributed by atoms with E-state index in [0.717, 1.165) is 41.2 Å². The number of nitrogens with zero attached hydrogens (tertiary/aromatic N) is 6. The molecule has 44 heavy (non-hydrogen) atoms. The molecule has 9 heteroatoms. The van der Waals surface area contributed by atoms with Gasteiger partial charge in [-0.25, -0.2) is 4.79 Å². The Hall–Kier alpha value is -4.81. The van der Waals surface area contributed by atoms with Gasteiger partial charge in [-0.1, -0.05) is 66.7 Å². The Morgan fingerprint density at radius 2 is 1.66 bits per heavy atom. The summed E-state index contributed by atoms with van der Waals surface area (Å²) < 4.78 is 11.8. The molecule has 3 aromatic carbocycles. The van der Waals surface area contributed by atoms with Gasteiger partial charge >= 0.3 is 6.09 Å². The van der Waals surface area contributed by atoms with Crippen molar-refractivity contribution in [3.63, 3.8) is 0 Å². The second-order valence-corrected chi connectivity index (χ2v) is 11.5. The predicted molar refractivity (Wildman–Crippen MR) is 172 cm³/mol. The summed E-state index contributed by atoms with van der Waals surface area (Å²) in [5.74, 6) is 1.24. The smallest absolute Gasteiger partial charge is 0.410 e. The van der Waals surface area contributed by atoms with E-state index in [1.807, 2.05) is 49.3 Å². The molecular formula is C35H38N6O3. The van der Waals surface area contributed by atoms with Crippen molar-refractivity contribution < 1.29 is 14.3 Å². The average molecular weight is 591 g/mol. The molecule has 0 atom stereocenters. The van der Waals surface area contributed by atoms with Gasteiger partial charge in [0.1, 0.15) is 30.7 Å². The lowest BCUT2D eigenvalue weighted by atomic mass is 9.94. The van der Waals surface area contributed by atoms with E-state index < -0.39 is 0 Å². The third kappa shape index (κ3) is 6.26. The van der Waals surface area contributed by atoms with Crippen molar-refractivity contribution in [2.24, 2.45) is 0 Å². The molecule has 0 spiro atoms. The Morgan fingerprint density at radius 1 is 0.909 bits per heavy atom. The van der Waals surface area contributed by atoms with E-state index in [1.165, 1.54) is 10.8 Å². The van der Waals surface area contributed by atoms with Gasteiger partial charge in [0.05, 0.1) is 0 Å². The fraction of sp³-hybridized carbons (Fsp3) is 0.343. The molecule has 0 unspecified atom stereocenters. The van der Waals surface area contributed by atoms with E-state index in [-0.39, 0.29) is 12.7 Å². The van der Waals surface area contributed by atoms with Crippen LogP contribution in [0.25, 0.3) is 10.8 Å². The summed E-state index contributed by atoms with van der Waals surface area (Å²) in [6.07, 6.45) is 0.453. The molecule has 0 saturated carbocycles. The molecule has 0 radical (unpaired) electrons. The number of benzene rings is 3. The molecule has 2 aliphatic rings. The molecule has 6 rings (SSSR count). The SMILES string of the molecule is CN(C)CCOc1nc(N2CCN(C(=O)OCc3ccccc3)CC2)c2c(c1C#N)CN(c1cccc3ccccc13)CC2. The Labute approximate surface area is 258 Å². The van der Waals surface area contributed by atoms with Gasteiger partial charge in [-0.15, -0.1) is 0 Å². The molecule has 1 fully saturated rings. The molecule has 1 saturated heterocycles. The van der Waals surface area contributed by atoms with E-state index in [0.29, 0.717) is 57.3 Å².